The van der Waals surface area contributed by atoms with Gasteiger partial charge < -0.3 is 15.0 Å². The van der Waals surface area contributed by atoms with Crippen molar-refractivity contribution in [3.8, 4) is 0 Å². The Bertz CT molecular complexity index is 842. The number of fused-ring (bicyclic) bond motifs is 1. The van der Waals surface area contributed by atoms with Crippen molar-refractivity contribution in [2.45, 2.75) is 44.8 Å². The maximum atomic E-state index is 12.3. The zero-order valence-corrected chi connectivity index (χ0v) is 15.1. The van der Waals surface area contributed by atoms with E-state index in [1.807, 2.05) is 6.07 Å². The summed E-state index contributed by atoms with van der Waals surface area (Å²) in [6.45, 7) is 1.40. The molecule has 1 aromatic carbocycles. The first-order valence-corrected chi connectivity index (χ1v) is 8.92. The Morgan fingerprint density at radius 1 is 1.23 bits per heavy atom. The molecule has 1 fully saturated rings. The van der Waals surface area contributed by atoms with Crippen molar-refractivity contribution >= 4 is 40.4 Å². The number of benzene rings is 1. The van der Waals surface area contributed by atoms with Crippen molar-refractivity contribution in [3.05, 3.63) is 35.0 Å². The molecule has 3 rings (SSSR count). The van der Waals surface area contributed by atoms with Crippen LogP contribution in [0.4, 0.5) is 4.79 Å². The number of carbonyl (C=O) groups is 3. The Morgan fingerprint density at radius 2 is 1.92 bits per heavy atom. The SMILES string of the molecule is CC(OC(=O)c1[nH]c2ccccc2c1Cl)C(=O)NC(=O)NC1CCCC1. The van der Waals surface area contributed by atoms with E-state index in [9.17, 15) is 14.4 Å². The number of H-pyrrole nitrogens is 1. The average molecular weight is 378 g/mol. The Kier molecular flexibility index (Phi) is 5.46. The van der Waals surface area contributed by atoms with E-state index in [0.29, 0.717) is 10.9 Å². The van der Waals surface area contributed by atoms with Gasteiger partial charge in [-0.1, -0.05) is 42.6 Å². The standard InChI is InChI=1S/C18H20ClN3O4/c1-10(16(23)22-18(25)20-11-6-2-3-7-11)26-17(24)15-14(19)12-8-4-5-9-13(12)21-15/h4-5,8-11,21H,2-3,6-7H2,1H3,(H2,20,22,23,25). The van der Waals surface area contributed by atoms with Gasteiger partial charge in [-0.15, -0.1) is 0 Å². The number of carbonyl (C=O) groups excluding carboxylic acids is 3. The quantitative estimate of drug-likeness (QED) is 0.712. The van der Waals surface area contributed by atoms with Crippen molar-refractivity contribution in [1.82, 2.24) is 15.6 Å². The lowest BCUT2D eigenvalue weighted by molar-refractivity contribution is -0.127. The minimum Gasteiger partial charge on any atom is -0.448 e. The highest BCUT2D eigenvalue weighted by atomic mass is 35.5. The van der Waals surface area contributed by atoms with E-state index in [1.165, 1.54) is 6.92 Å². The molecule has 1 saturated carbocycles. The summed E-state index contributed by atoms with van der Waals surface area (Å²) in [4.78, 5) is 39.1. The smallest absolute Gasteiger partial charge is 0.357 e. The second-order valence-corrected chi connectivity index (χ2v) is 6.73. The number of hydrogen-bond donors (Lipinski definition) is 3. The van der Waals surface area contributed by atoms with Crippen LogP contribution < -0.4 is 10.6 Å². The molecule has 8 heteroatoms. The summed E-state index contributed by atoms with van der Waals surface area (Å²) in [5, 5.41) is 5.86. The molecule has 0 radical (unpaired) electrons. The van der Waals surface area contributed by atoms with Crippen LogP contribution >= 0.6 is 11.6 Å². The molecule has 138 valence electrons. The third-order valence-electron chi connectivity index (χ3n) is 4.43. The van der Waals surface area contributed by atoms with Gasteiger partial charge in [-0.3, -0.25) is 10.1 Å². The number of urea groups is 1. The van der Waals surface area contributed by atoms with Crippen LogP contribution in [0.1, 0.15) is 43.1 Å². The highest BCUT2D eigenvalue weighted by Gasteiger charge is 2.25. The number of amides is 3. The fraction of sp³-hybridized carbons (Fsp3) is 0.389. The molecule has 3 N–H and O–H groups in total. The number of imide groups is 1. The molecule has 3 amide bonds. The summed E-state index contributed by atoms with van der Waals surface area (Å²) in [6.07, 6.45) is 2.81. The Labute approximate surface area is 155 Å². The summed E-state index contributed by atoms with van der Waals surface area (Å²) in [6, 6.07) is 6.68. The first kappa shape index (κ1) is 18.3. The molecular weight excluding hydrogens is 358 g/mol. The molecular formula is C18H20ClN3O4. The molecule has 1 aromatic heterocycles. The molecule has 2 aromatic rings. The zero-order chi connectivity index (χ0) is 18.7. The predicted octanol–water partition coefficient (Wildman–Crippen LogP) is 3.14. The van der Waals surface area contributed by atoms with Gasteiger partial charge in [-0.2, -0.15) is 0 Å². The van der Waals surface area contributed by atoms with Gasteiger partial charge in [-0.25, -0.2) is 9.59 Å². The molecule has 26 heavy (non-hydrogen) atoms. The van der Waals surface area contributed by atoms with Crippen LogP contribution in [0.25, 0.3) is 10.9 Å². The fourth-order valence-corrected chi connectivity index (χ4v) is 3.32. The van der Waals surface area contributed by atoms with Gasteiger partial charge in [0.05, 0.1) is 5.02 Å². The van der Waals surface area contributed by atoms with Crippen LogP contribution in [-0.2, 0) is 9.53 Å². The van der Waals surface area contributed by atoms with Gasteiger partial charge in [0.25, 0.3) is 5.91 Å². The van der Waals surface area contributed by atoms with Crippen molar-refractivity contribution in [2.24, 2.45) is 0 Å². The second-order valence-electron chi connectivity index (χ2n) is 6.35. The monoisotopic (exact) mass is 377 g/mol. The van der Waals surface area contributed by atoms with Crippen molar-refractivity contribution in [3.63, 3.8) is 0 Å². The summed E-state index contributed by atoms with van der Waals surface area (Å²) < 4.78 is 5.13. The van der Waals surface area contributed by atoms with E-state index in [-0.39, 0.29) is 16.8 Å². The summed E-state index contributed by atoms with van der Waals surface area (Å²) in [5.41, 5.74) is 0.764. The third kappa shape index (κ3) is 3.99. The Balaban J connectivity index is 1.58. The largest absolute Gasteiger partial charge is 0.448 e. The number of esters is 1. The first-order chi connectivity index (χ1) is 12.5. The van der Waals surface area contributed by atoms with E-state index < -0.39 is 24.0 Å². The summed E-state index contributed by atoms with van der Waals surface area (Å²) >= 11 is 6.20. The topological polar surface area (TPSA) is 100 Å². The van der Waals surface area contributed by atoms with Gasteiger partial charge >= 0.3 is 12.0 Å². The number of halogens is 1. The molecule has 0 bridgehead atoms. The Hall–Kier alpha value is -2.54. The number of rotatable bonds is 4. The lowest BCUT2D eigenvalue weighted by atomic mass is 10.2. The number of nitrogens with one attached hydrogen (secondary N) is 3. The van der Waals surface area contributed by atoms with E-state index in [2.05, 4.69) is 15.6 Å². The van der Waals surface area contributed by atoms with Crippen LogP contribution in [0.5, 0.6) is 0 Å². The minimum absolute atomic E-state index is 0.0722. The molecule has 1 atom stereocenters. The van der Waals surface area contributed by atoms with E-state index >= 15 is 0 Å². The average Bonchev–Trinajstić information content (AvgIpc) is 3.23. The lowest BCUT2D eigenvalue weighted by Gasteiger charge is -2.15. The molecule has 0 aliphatic heterocycles. The maximum absolute atomic E-state index is 12.3. The molecule has 1 heterocycles. The molecule has 0 spiro atoms. The van der Waals surface area contributed by atoms with Crippen molar-refractivity contribution in [2.75, 3.05) is 0 Å². The zero-order valence-electron chi connectivity index (χ0n) is 14.3. The van der Waals surface area contributed by atoms with Crippen LogP contribution in [-0.4, -0.2) is 35.0 Å². The number of ether oxygens (including phenoxy) is 1. The third-order valence-corrected chi connectivity index (χ3v) is 4.82. The van der Waals surface area contributed by atoms with Crippen molar-refractivity contribution < 1.29 is 19.1 Å². The van der Waals surface area contributed by atoms with E-state index in [4.69, 9.17) is 16.3 Å². The fourth-order valence-electron chi connectivity index (χ4n) is 3.03. The minimum atomic E-state index is -1.14. The second kappa shape index (κ2) is 7.78. The van der Waals surface area contributed by atoms with Gasteiger partial charge in [0.2, 0.25) is 0 Å². The molecule has 1 unspecified atom stereocenters. The van der Waals surface area contributed by atoms with Crippen LogP contribution in [0.15, 0.2) is 24.3 Å². The molecule has 1 aliphatic rings. The molecule has 1 aliphatic carbocycles. The maximum Gasteiger partial charge on any atom is 0.357 e. The highest BCUT2D eigenvalue weighted by Crippen LogP contribution is 2.27. The highest BCUT2D eigenvalue weighted by molar-refractivity contribution is 6.38. The van der Waals surface area contributed by atoms with E-state index in [0.717, 1.165) is 25.7 Å². The van der Waals surface area contributed by atoms with Gasteiger partial charge in [0, 0.05) is 16.9 Å². The van der Waals surface area contributed by atoms with Gasteiger partial charge in [0.15, 0.2) is 6.10 Å². The number of hydrogen-bond acceptors (Lipinski definition) is 4. The van der Waals surface area contributed by atoms with Crippen LogP contribution in [0, 0.1) is 0 Å². The predicted molar refractivity (Wildman–Crippen MR) is 97.1 cm³/mol. The summed E-state index contributed by atoms with van der Waals surface area (Å²) in [5.74, 6) is -1.45. The van der Waals surface area contributed by atoms with Crippen LogP contribution in [0.2, 0.25) is 5.02 Å². The lowest BCUT2D eigenvalue weighted by Crippen LogP contribution is -2.47. The number of aromatic nitrogens is 1. The molecule has 0 saturated heterocycles. The van der Waals surface area contributed by atoms with E-state index in [1.54, 1.807) is 18.2 Å². The normalized spacial score (nSPS) is 15.6. The first-order valence-electron chi connectivity index (χ1n) is 8.54. The summed E-state index contributed by atoms with van der Waals surface area (Å²) in [7, 11) is 0. The van der Waals surface area contributed by atoms with Crippen LogP contribution in [0.3, 0.4) is 0 Å². The molecule has 7 nitrogen and oxygen atoms in total. The van der Waals surface area contributed by atoms with Crippen molar-refractivity contribution in [1.29, 1.82) is 0 Å². The van der Waals surface area contributed by atoms with Gasteiger partial charge in [0.1, 0.15) is 5.69 Å². The number of para-hydroxylation sites is 1. The number of aromatic amines is 1. The Morgan fingerprint density at radius 3 is 2.62 bits per heavy atom. The van der Waals surface area contributed by atoms with Gasteiger partial charge in [-0.05, 0) is 25.8 Å².